The Bertz CT molecular complexity index is 846. The number of primary sulfonamides is 1. The Balaban J connectivity index is 1.80. The molecule has 24 heavy (non-hydrogen) atoms. The predicted octanol–water partition coefficient (Wildman–Crippen LogP) is 2.60. The number of sulfonamides is 1. The fourth-order valence-corrected chi connectivity index (χ4v) is 3.77. The van der Waals surface area contributed by atoms with Crippen LogP contribution >= 0.6 is 0 Å². The summed E-state index contributed by atoms with van der Waals surface area (Å²) in [7, 11) is -3.84. The minimum atomic E-state index is -3.84. The summed E-state index contributed by atoms with van der Waals surface area (Å²) in [5.74, 6) is 0.747. The highest BCUT2D eigenvalue weighted by molar-refractivity contribution is 7.89. The molecule has 1 saturated heterocycles. The van der Waals surface area contributed by atoms with Crippen molar-refractivity contribution < 1.29 is 17.6 Å². The molecule has 1 aromatic heterocycles. The lowest BCUT2D eigenvalue weighted by Gasteiger charge is -2.23. The van der Waals surface area contributed by atoms with E-state index in [0.717, 1.165) is 18.6 Å². The molecule has 1 atom stereocenters. The van der Waals surface area contributed by atoms with E-state index in [1.807, 2.05) is 6.07 Å². The number of likely N-dealkylation sites (tertiary alicyclic amines) is 1. The Hall–Kier alpha value is -2.32. The Morgan fingerprint density at radius 3 is 2.83 bits per heavy atom. The van der Waals surface area contributed by atoms with Gasteiger partial charge in [0.05, 0.1) is 17.2 Å². The van der Waals surface area contributed by atoms with Crippen LogP contribution in [0.3, 0.4) is 0 Å². The van der Waals surface area contributed by atoms with E-state index in [1.165, 1.54) is 6.07 Å². The van der Waals surface area contributed by atoms with Crippen molar-refractivity contribution >= 4 is 21.7 Å². The Morgan fingerprint density at radius 2 is 2.17 bits per heavy atom. The maximum Gasteiger partial charge on any atom is 0.322 e. The number of urea groups is 1. The van der Waals surface area contributed by atoms with Gasteiger partial charge in [-0.15, -0.1) is 0 Å². The summed E-state index contributed by atoms with van der Waals surface area (Å²) in [6, 6.07) is 7.88. The number of furan rings is 1. The number of hydrogen-bond acceptors (Lipinski definition) is 4. The van der Waals surface area contributed by atoms with Gasteiger partial charge in [-0.25, -0.2) is 18.4 Å². The van der Waals surface area contributed by atoms with Crippen molar-refractivity contribution in [3.63, 3.8) is 0 Å². The number of hydrogen-bond donors (Lipinski definition) is 2. The van der Waals surface area contributed by atoms with Gasteiger partial charge < -0.3 is 14.6 Å². The van der Waals surface area contributed by atoms with Crippen LogP contribution in [-0.4, -0.2) is 25.9 Å². The maximum atomic E-state index is 12.6. The zero-order valence-electron chi connectivity index (χ0n) is 13.2. The van der Waals surface area contributed by atoms with Gasteiger partial charge in [0.2, 0.25) is 10.0 Å². The molecule has 8 heteroatoms. The van der Waals surface area contributed by atoms with Gasteiger partial charge in [-0.1, -0.05) is 6.07 Å². The molecular formula is C16H19N3O4S. The first-order chi connectivity index (χ1) is 11.4. The molecule has 128 valence electrons. The zero-order valence-corrected chi connectivity index (χ0v) is 14.0. The van der Waals surface area contributed by atoms with E-state index in [2.05, 4.69) is 5.32 Å². The van der Waals surface area contributed by atoms with Crippen LogP contribution in [0.2, 0.25) is 0 Å². The average molecular weight is 349 g/mol. The summed E-state index contributed by atoms with van der Waals surface area (Å²) in [6.45, 7) is 2.27. The number of amides is 2. The molecule has 0 spiro atoms. The Morgan fingerprint density at radius 1 is 1.38 bits per heavy atom. The van der Waals surface area contributed by atoms with E-state index in [1.54, 1.807) is 36.3 Å². The van der Waals surface area contributed by atoms with Crippen molar-refractivity contribution in [2.45, 2.75) is 30.7 Å². The second kappa shape index (κ2) is 6.29. The maximum absolute atomic E-state index is 12.6. The lowest BCUT2D eigenvalue weighted by Crippen LogP contribution is -2.34. The number of anilines is 1. The summed E-state index contributed by atoms with van der Waals surface area (Å²) >= 11 is 0. The third kappa shape index (κ3) is 3.29. The molecule has 0 aliphatic carbocycles. The van der Waals surface area contributed by atoms with Gasteiger partial charge in [0.1, 0.15) is 5.76 Å². The first kappa shape index (κ1) is 16.5. The SMILES string of the molecule is Cc1ccc(NC(=O)N2CCC[C@@H]2c2ccco2)cc1S(N)(=O)=O. The van der Waals surface area contributed by atoms with Crippen molar-refractivity contribution in [1.29, 1.82) is 0 Å². The van der Waals surface area contributed by atoms with Crippen LogP contribution in [0.1, 0.15) is 30.2 Å². The molecule has 1 aliphatic heterocycles. The highest BCUT2D eigenvalue weighted by Gasteiger charge is 2.31. The van der Waals surface area contributed by atoms with Crippen LogP contribution < -0.4 is 10.5 Å². The monoisotopic (exact) mass is 349 g/mol. The number of carbonyl (C=O) groups is 1. The molecule has 3 N–H and O–H groups in total. The topological polar surface area (TPSA) is 106 Å². The lowest BCUT2D eigenvalue weighted by molar-refractivity contribution is 0.200. The second-order valence-corrected chi connectivity index (χ2v) is 7.35. The number of nitrogens with one attached hydrogen (secondary N) is 1. The summed E-state index contributed by atoms with van der Waals surface area (Å²) in [5.41, 5.74) is 0.921. The fourth-order valence-electron chi connectivity index (χ4n) is 2.97. The number of nitrogens with zero attached hydrogens (tertiary/aromatic N) is 1. The van der Waals surface area contributed by atoms with Crippen molar-refractivity contribution in [3.8, 4) is 0 Å². The van der Waals surface area contributed by atoms with Gasteiger partial charge >= 0.3 is 6.03 Å². The Kier molecular flexibility index (Phi) is 4.33. The normalized spacial score (nSPS) is 17.9. The summed E-state index contributed by atoms with van der Waals surface area (Å²) < 4.78 is 28.6. The smallest absolute Gasteiger partial charge is 0.322 e. The molecule has 0 unspecified atom stereocenters. The standard InChI is InChI=1S/C16H19N3O4S/c1-11-6-7-12(10-15(11)24(17,21)22)18-16(20)19-8-2-4-13(19)14-5-3-9-23-14/h3,5-7,9-10,13H,2,4,8H2,1H3,(H,18,20)(H2,17,21,22)/t13-/m1/s1. The molecule has 1 aliphatic rings. The molecule has 1 aromatic carbocycles. The summed E-state index contributed by atoms with van der Waals surface area (Å²) in [5, 5.41) is 7.94. The predicted molar refractivity (Wildman–Crippen MR) is 89.0 cm³/mol. The van der Waals surface area contributed by atoms with E-state index >= 15 is 0 Å². The van der Waals surface area contributed by atoms with E-state index in [9.17, 15) is 13.2 Å². The van der Waals surface area contributed by atoms with Crippen LogP contribution in [0, 0.1) is 6.92 Å². The van der Waals surface area contributed by atoms with Gasteiger partial charge in [0.25, 0.3) is 0 Å². The van der Waals surface area contributed by atoms with Crippen LogP contribution in [-0.2, 0) is 10.0 Å². The number of nitrogens with two attached hydrogens (primary N) is 1. The van der Waals surface area contributed by atoms with Crippen LogP contribution in [0.4, 0.5) is 10.5 Å². The van der Waals surface area contributed by atoms with Crippen LogP contribution in [0.5, 0.6) is 0 Å². The van der Waals surface area contributed by atoms with Gasteiger partial charge in [0.15, 0.2) is 0 Å². The largest absolute Gasteiger partial charge is 0.467 e. The quantitative estimate of drug-likeness (QED) is 0.888. The first-order valence-electron chi connectivity index (χ1n) is 7.61. The molecule has 3 rings (SSSR count). The van der Waals surface area contributed by atoms with E-state index in [0.29, 0.717) is 17.8 Å². The van der Waals surface area contributed by atoms with Crippen molar-refractivity contribution in [2.24, 2.45) is 5.14 Å². The fraction of sp³-hybridized carbons (Fsp3) is 0.312. The highest BCUT2D eigenvalue weighted by Crippen LogP contribution is 2.32. The number of benzene rings is 1. The lowest BCUT2D eigenvalue weighted by atomic mass is 10.2. The minimum absolute atomic E-state index is 0.00399. The van der Waals surface area contributed by atoms with Crippen LogP contribution in [0.25, 0.3) is 0 Å². The molecule has 2 heterocycles. The van der Waals surface area contributed by atoms with E-state index in [-0.39, 0.29) is 17.0 Å². The molecule has 7 nitrogen and oxygen atoms in total. The van der Waals surface area contributed by atoms with Crippen LogP contribution in [0.15, 0.2) is 45.9 Å². The highest BCUT2D eigenvalue weighted by atomic mass is 32.2. The van der Waals surface area contributed by atoms with Gasteiger partial charge in [-0.2, -0.15) is 0 Å². The molecule has 0 bridgehead atoms. The summed E-state index contributed by atoms with van der Waals surface area (Å²) in [6.07, 6.45) is 3.30. The molecule has 1 fully saturated rings. The third-order valence-electron chi connectivity index (χ3n) is 4.13. The number of carbonyl (C=O) groups excluding carboxylic acids is 1. The molecule has 2 amide bonds. The number of rotatable bonds is 3. The number of aryl methyl sites for hydroxylation is 1. The van der Waals surface area contributed by atoms with Crippen molar-refractivity contribution in [1.82, 2.24) is 4.90 Å². The molecule has 0 saturated carbocycles. The van der Waals surface area contributed by atoms with Crippen molar-refractivity contribution in [3.05, 3.63) is 47.9 Å². The zero-order chi connectivity index (χ0) is 17.3. The van der Waals surface area contributed by atoms with Crippen molar-refractivity contribution in [2.75, 3.05) is 11.9 Å². The third-order valence-corrected chi connectivity index (χ3v) is 5.18. The molecule has 0 radical (unpaired) electrons. The second-order valence-electron chi connectivity index (χ2n) is 5.82. The Labute approximate surface area is 140 Å². The molecular weight excluding hydrogens is 330 g/mol. The van der Waals surface area contributed by atoms with E-state index < -0.39 is 10.0 Å². The minimum Gasteiger partial charge on any atom is -0.467 e. The van der Waals surface area contributed by atoms with Gasteiger partial charge in [0, 0.05) is 12.2 Å². The first-order valence-corrected chi connectivity index (χ1v) is 9.15. The average Bonchev–Trinajstić information content (AvgIpc) is 3.18. The van der Waals surface area contributed by atoms with E-state index in [4.69, 9.17) is 9.56 Å². The van der Waals surface area contributed by atoms with Gasteiger partial charge in [-0.05, 0) is 49.6 Å². The summed E-state index contributed by atoms with van der Waals surface area (Å²) in [4.78, 5) is 14.3. The molecule has 2 aromatic rings. The van der Waals surface area contributed by atoms with Gasteiger partial charge in [-0.3, -0.25) is 0 Å².